The molecule has 21 heavy (non-hydrogen) atoms. The van der Waals surface area contributed by atoms with Crippen LogP contribution in [-0.2, 0) is 0 Å². The van der Waals surface area contributed by atoms with Crippen molar-refractivity contribution < 1.29 is 19.3 Å². The third-order valence-corrected chi connectivity index (χ3v) is 2.75. The molecule has 0 saturated carbocycles. The molecule has 1 heterocycles. The largest absolute Gasteiger partial charge is 0.504 e. The van der Waals surface area contributed by atoms with Crippen LogP contribution in [0.4, 0.5) is 5.69 Å². The second kappa shape index (κ2) is 6.08. The Morgan fingerprint density at radius 1 is 1.48 bits per heavy atom. The lowest BCUT2D eigenvalue weighted by Gasteiger charge is -2.05. The first-order chi connectivity index (χ1) is 10.0. The predicted octanol–water partition coefficient (Wildman–Crippen LogP) is 3.17. The maximum absolute atomic E-state index is 10.9. The molecule has 1 N–H and O–H groups in total. The van der Waals surface area contributed by atoms with Crippen molar-refractivity contribution in [3.05, 3.63) is 45.3 Å². The van der Waals surface area contributed by atoms with E-state index < -0.39 is 4.92 Å². The molecule has 1 aromatic heterocycles. The zero-order chi connectivity index (χ0) is 15.4. The molecule has 0 atom stereocenters. The number of phenolic OH excluding ortho intramolecular Hbond substituents is 1. The molecule has 0 aliphatic rings. The number of aromatic hydroxyl groups is 1. The summed E-state index contributed by atoms with van der Waals surface area (Å²) in [6.45, 7) is 3.74. The fourth-order valence-electron chi connectivity index (χ4n) is 1.79. The summed E-state index contributed by atoms with van der Waals surface area (Å²) >= 11 is 0. The number of phenols is 1. The summed E-state index contributed by atoms with van der Waals surface area (Å²) < 4.78 is 10.2. The number of nitro groups is 1. The second-order valence-corrected chi connectivity index (χ2v) is 4.23. The zero-order valence-corrected chi connectivity index (χ0v) is 11.6. The summed E-state index contributed by atoms with van der Waals surface area (Å²) in [5.41, 5.74) is 0.773. The molecule has 1 aromatic carbocycles. The van der Waals surface area contributed by atoms with Gasteiger partial charge in [-0.1, -0.05) is 17.3 Å². The zero-order valence-electron chi connectivity index (χ0n) is 11.6. The van der Waals surface area contributed by atoms with E-state index in [4.69, 9.17) is 9.26 Å². The Bertz CT molecular complexity index is 691. The van der Waals surface area contributed by atoms with Crippen LogP contribution in [0, 0.1) is 17.0 Å². The molecule has 110 valence electrons. The van der Waals surface area contributed by atoms with Crippen molar-refractivity contribution in [1.29, 1.82) is 0 Å². The van der Waals surface area contributed by atoms with Gasteiger partial charge in [-0.3, -0.25) is 10.1 Å². The average molecular weight is 290 g/mol. The monoisotopic (exact) mass is 290 g/mol. The fraction of sp³-hybridized carbons (Fsp3) is 0.214. The molecule has 0 unspecified atom stereocenters. The van der Waals surface area contributed by atoms with Crippen LogP contribution in [0.1, 0.15) is 23.9 Å². The van der Waals surface area contributed by atoms with Gasteiger partial charge in [0.15, 0.2) is 17.2 Å². The highest BCUT2D eigenvalue weighted by Crippen LogP contribution is 2.29. The number of ether oxygens (including phenoxy) is 1. The van der Waals surface area contributed by atoms with Crippen molar-refractivity contribution in [2.24, 2.45) is 0 Å². The third kappa shape index (κ3) is 3.19. The van der Waals surface area contributed by atoms with Gasteiger partial charge in [0.25, 0.3) is 0 Å². The Labute approximate surface area is 120 Å². The van der Waals surface area contributed by atoms with Gasteiger partial charge in [0, 0.05) is 0 Å². The number of hydrogen-bond donors (Lipinski definition) is 1. The molecule has 0 aliphatic carbocycles. The highest BCUT2D eigenvalue weighted by Gasteiger charge is 2.21. The summed E-state index contributed by atoms with van der Waals surface area (Å²) in [7, 11) is 0. The summed E-state index contributed by atoms with van der Waals surface area (Å²) in [5.74, 6) is 0.460. The van der Waals surface area contributed by atoms with Crippen LogP contribution in [0.15, 0.2) is 22.7 Å². The Morgan fingerprint density at radius 2 is 2.24 bits per heavy atom. The molecule has 7 heteroatoms. The van der Waals surface area contributed by atoms with E-state index in [1.165, 1.54) is 19.1 Å². The van der Waals surface area contributed by atoms with Crippen LogP contribution >= 0.6 is 0 Å². The predicted molar refractivity (Wildman–Crippen MR) is 76.1 cm³/mol. The number of benzene rings is 1. The lowest BCUT2D eigenvalue weighted by atomic mass is 10.1. The molecule has 0 spiro atoms. The highest BCUT2D eigenvalue weighted by molar-refractivity contribution is 5.72. The normalized spacial score (nSPS) is 11.0. The molecule has 0 aliphatic heterocycles. The molecular formula is C14H14N2O5. The van der Waals surface area contributed by atoms with Crippen molar-refractivity contribution in [2.45, 2.75) is 13.8 Å². The number of hydrogen-bond acceptors (Lipinski definition) is 6. The van der Waals surface area contributed by atoms with Crippen molar-refractivity contribution in [2.75, 3.05) is 6.61 Å². The third-order valence-electron chi connectivity index (χ3n) is 2.75. The number of rotatable bonds is 5. The second-order valence-electron chi connectivity index (χ2n) is 4.23. The summed E-state index contributed by atoms with van der Waals surface area (Å²) in [6, 6.07) is 4.78. The summed E-state index contributed by atoms with van der Waals surface area (Å²) in [6.07, 6.45) is 3.08. The van der Waals surface area contributed by atoms with Crippen LogP contribution in [0.3, 0.4) is 0 Å². The first-order valence-electron chi connectivity index (χ1n) is 6.27. The lowest BCUT2D eigenvalue weighted by molar-refractivity contribution is -0.386. The standard InChI is InChI=1S/C14H14N2O5/c1-3-20-13-8-10(4-6-11(13)17)5-7-12-14(16(18)19)9(2)15-21-12/h4-8,17H,3H2,1-2H3/b7-5-. The van der Waals surface area contributed by atoms with Crippen molar-refractivity contribution in [1.82, 2.24) is 5.16 Å². The molecule has 2 aromatic rings. The van der Waals surface area contributed by atoms with Gasteiger partial charge in [0.1, 0.15) is 0 Å². The maximum atomic E-state index is 10.9. The minimum absolute atomic E-state index is 0.0375. The minimum atomic E-state index is -0.534. The van der Waals surface area contributed by atoms with Gasteiger partial charge in [0.2, 0.25) is 5.76 Å². The summed E-state index contributed by atoms with van der Waals surface area (Å²) in [5, 5.41) is 24.1. The van der Waals surface area contributed by atoms with Gasteiger partial charge < -0.3 is 14.4 Å². The molecule has 0 saturated heterocycles. The molecule has 0 bridgehead atoms. The Balaban J connectivity index is 2.30. The SMILES string of the molecule is CCOc1cc(/C=C\c2onc(C)c2[N+](=O)[O-])ccc1O. The van der Waals surface area contributed by atoms with Gasteiger partial charge in [-0.25, -0.2) is 0 Å². The average Bonchev–Trinajstić information content (AvgIpc) is 2.81. The molecular weight excluding hydrogens is 276 g/mol. The van der Waals surface area contributed by atoms with Crippen molar-refractivity contribution >= 4 is 17.8 Å². The van der Waals surface area contributed by atoms with E-state index in [1.807, 2.05) is 6.92 Å². The Kier molecular flexibility index (Phi) is 4.22. The topological polar surface area (TPSA) is 98.6 Å². The Hall–Kier alpha value is -2.83. The van der Waals surface area contributed by atoms with E-state index in [-0.39, 0.29) is 22.9 Å². The first kappa shape index (κ1) is 14.6. The molecule has 2 rings (SSSR count). The van der Waals surface area contributed by atoms with Gasteiger partial charge in [-0.2, -0.15) is 0 Å². The molecule has 0 amide bonds. The van der Waals surface area contributed by atoms with Crippen LogP contribution < -0.4 is 4.74 Å². The minimum Gasteiger partial charge on any atom is -0.504 e. The molecule has 0 fully saturated rings. The van der Waals surface area contributed by atoms with E-state index in [9.17, 15) is 15.2 Å². The van der Waals surface area contributed by atoms with Crippen LogP contribution in [-0.4, -0.2) is 21.8 Å². The number of aryl methyl sites for hydroxylation is 1. The van der Waals surface area contributed by atoms with E-state index >= 15 is 0 Å². The van der Waals surface area contributed by atoms with E-state index in [2.05, 4.69) is 5.16 Å². The van der Waals surface area contributed by atoms with Crippen molar-refractivity contribution in [3.63, 3.8) is 0 Å². The van der Waals surface area contributed by atoms with Gasteiger partial charge in [0.05, 0.1) is 11.5 Å². The lowest BCUT2D eigenvalue weighted by Crippen LogP contribution is -1.92. The highest BCUT2D eigenvalue weighted by atomic mass is 16.6. The van der Waals surface area contributed by atoms with E-state index in [1.54, 1.807) is 18.2 Å². The van der Waals surface area contributed by atoms with Gasteiger partial charge in [-0.15, -0.1) is 0 Å². The van der Waals surface area contributed by atoms with E-state index in [0.717, 1.165) is 0 Å². The Morgan fingerprint density at radius 3 is 2.90 bits per heavy atom. The number of aromatic nitrogens is 1. The number of nitrogens with zero attached hydrogens (tertiary/aromatic N) is 2. The maximum Gasteiger partial charge on any atom is 0.338 e. The van der Waals surface area contributed by atoms with Crippen molar-refractivity contribution in [3.8, 4) is 11.5 Å². The van der Waals surface area contributed by atoms with E-state index in [0.29, 0.717) is 17.9 Å². The smallest absolute Gasteiger partial charge is 0.338 e. The van der Waals surface area contributed by atoms with Crippen LogP contribution in [0.25, 0.3) is 12.2 Å². The van der Waals surface area contributed by atoms with Crippen LogP contribution in [0.5, 0.6) is 11.5 Å². The van der Waals surface area contributed by atoms with Gasteiger partial charge >= 0.3 is 5.69 Å². The molecule has 7 nitrogen and oxygen atoms in total. The first-order valence-corrected chi connectivity index (χ1v) is 6.27. The van der Waals surface area contributed by atoms with Crippen LogP contribution in [0.2, 0.25) is 0 Å². The molecule has 0 radical (unpaired) electrons. The quantitative estimate of drug-likeness (QED) is 0.670. The fourth-order valence-corrected chi connectivity index (χ4v) is 1.79. The van der Waals surface area contributed by atoms with Gasteiger partial charge in [-0.05, 0) is 37.6 Å². The summed E-state index contributed by atoms with van der Waals surface area (Å²) in [4.78, 5) is 10.4.